The topological polar surface area (TPSA) is 164 Å². The first-order valence-corrected chi connectivity index (χ1v) is 26.0. The predicted octanol–water partition coefficient (Wildman–Crippen LogP) is 9.10. The fourth-order valence-corrected chi connectivity index (χ4v) is 8.99. The molecule has 0 fully saturated rings. The van der Waals surface area contributed by atoms with Gasteiger partial charge in [-0.2, -0.15) is 41.1 Å². The number of hydrogen-bond acceptors (Lipinski definition) is 18. The van der Waals surface area contributed by atoms with Crippen LogP contribution >= 0.6 is 48.8 Å². The number of ether oxygens (including phenoxy) is 6. The number of thiol groups is 2. The van der Waals surface area contributed by atoms with Gasteiger partial charge in [0.25, 0.3) is 0 Å². The molecule has 0 saturated heterocycles. The maximum absolute atomic E-state index is 13.1. The van der Waals surface area contributed by atoms with Crippen LogP contribution in [0, 0.1) is 23.7 Å². The molecule has 0 aromatic heterocycles. The summed E-state index contributed by atoms with van der Waals surface area (Å²) in [6.07, 6.45) is -8.29. The van der Waals surface area contributed by atoms with Crippen molar-refractivity contribution in [1.29, 1.82) is 0 Å². The van der Waals surface area contributed by atoms with E-state index in [4.69, 9.17) is 44.2 Å². The number of anilines is 2. The Morgan fingerprint density at radius 3 is 1.18 bits per heavy atom. The minimum Gasteiger partial charge on any atom is -0.469 e. The van der Waals surface area contributed by atoms with Gasteiger partial charge in [-0.25, -0.2) is 17.6 Å². The molecular formula is C48H62F8N2O12S4. The maximum Gasteiger partial charge on any atom is 0.340 e. The average molecular weight is 1140 g/mol. The molecule has 0 amide bonds. The van der Waals surface area contributed by atoms with E-state index in [1.165, 1.54) is 37.4 Å². The van der Waals surface area contributed by atoms with Crippen LogP contribution in [0.2, 0.25) is 0 Å². The maximum atomic E-state index is 13.1. The van der Waals surface area contributed by atoms with Crippen molar-refractivity contribution >= 4 is 106 Å². The van der Waals surface area contributed by atoms with Gasteiger partial charge in [0.15, 0.2) is 13.2 Å². The Morgan fingerprint density at radius 2 is 0.878 bits per heavy atom. The number of alkyl halides is 8. The number of esters is 6. The standard InChI is InChI=1S/C48H62F8N2O12S4/c1-29(41(61)69-27-47(53,54)45(49)50)23-33(43(63)65-5)25-73-21-15-37(59)67-19-17-57(3)35-11-7-31(8-12-35)39(71)40(72)32-9-13-36(14-10-32)58(4)18-20-68-38(60)16-22-74-26-34(44(64)66-6)24-30(2)42(62)70-28-48(55,56)46(51)52/h7-14,29-30,33-34,45-46,71-72H,15-28H2,1-6H3. The molecule has 4 atom stereocenters. The molecule has 2 aromatic rings. The van der Waals surface area contributed by atoms with Crippen LogP contribution in [0.3, 0.4) is 0 Å². The number of nitrogens with zero attached hydrogens (tertiary/aromatic N) is 2. The van der Waals surface area contributed by atoms with E-state index >= 15 is 0 Å². The quantitative estimate of drug-likeness (QED) is 0.0170. The SMILES string of the molecule is COC(=O)C(CSCCC(=O)OCCN(C)c1ccc(C(S)=C(S)c2ccc(N(C)CCOC(=O)CCSCC(CC(C)C(=O)OCC(F)(F)C(F)F)C(=O)OC)cc2)cc1)CC(C)C(=O)OCC(F)(F)C(F)F. The van der Waals surface area contributed by atoms with Crippen molar-refractivity contribution in [3.05, 3.63) is 59.7 Å². The minimum absolute atomic E-state index is 0.0101. The molecular weight excluding hydrogens is 1080 g/mol. The van der Waals surface area contributed by atoms with Gasteiger partial charge in [-0.1, -0.05) is 38.1 Å². The lowest BCUT2D eigenvalue weighted by molar-refractivity contribution is -0.183. The Kier molecular flexibility index (Phi) is 29.0. The third-order valence-electron chi connectivity index (χ3n) is 10.9. The van der Waals surface area contributed by atoms with E-state index < -0.39 is 97.4 Å². The highest BCUT2D eigenvalue weighted by Crippen LogP contribution is 2.34. The van der Waals surface area contributed by atoms with Crippen LogP contribution in [0.15, 0.2) is 48.5 Å². The molecule has 0 spiro atoms. The number of rotatable bonds is 34. The van der Waals surface area contributed by atoms with Gasteiger partial charge in [-0.05, 0) is 48.2 Å². The number of carbonyl (C=O) groups excluding carboxylic acids is 6. The summed E-state index contributed by atoms with van der Waals surface area (Å²) in [5, 5.41) is 0. The summed E-state index contributed by atoms with van der Waals surface area (Å²) < 4.78 is 131. The first-order valence-electron chi connectivity index (χ1n) is 22.8. The molecule has 0 bridgehead atoms. The lowest BCUT2D eigenvalue weighted by Gasteiger charge is -2.20. The van der Waals surface area contributed by atoms with Crippen LogP contribution in [-0.4, -0.2) is 151 Å². The van der Waals surface area contributed by atoms with Crippen LogP contribution < -0.4 is 9.80 Å². The molecule has 416 valence electrons. The summed E-state index contributed by atoms with van der Waals surface area (Å²) >= 11 is 11.9. The van der Waals surface area contributed by atoms with Gasteiger partial charge in [0, 0.05) is 58.3 Å². The van der Waals surface area contributed by atoms with Crippen molar-refractivity contribution in [2.75, 3.05) is 101 Å². The molecule has 2 rings (SSSR count). The second-order valence-electron chi connectivity index (χ2n) is 16.8. The first kappa shape index (κ1) is 65.6. The van der Waals surface area contributed by atoms with Gasteiger partial charge in [0.05, 0.1) is 63.8 Å². The van der Waals surface area contributed by atoms with Gasteiger partial charge in [-0.3, -0.25) is 28.8 Å². The van der Waals surface area contributed by atoms with E-state index in [2.05, 4.69) is 9.47 Å². The monoisotopic (exact) mass is 1140 g/mol. The molecule has 0 saturated carbocycles. The van der Waals surface area contributed by atoms with Crippen LogP contribution in [0.4, 0.5) is 46.5 Å². The number of thioether (sulfide) groups is 2. The second kappa shape index (κ2) is 32.8. The molecule has 4 unspecified atom stereocenters. The molecule has 0 aliphatic heterocycles. The Labute approximate surface area is 444 Å². The summed E-state index contributed by atoms with van der Waals surface area (Å²) in [4.78, 5) is 78.6. The fourth-order valence-electron chi connectivity index (χ4n) is 6.37. The fraction of sp³-hybridized carbons (Fsp3) is 0.583. The molecule has 0 heterocycles. The zero-order chi connectivity index (χ0) is 55.8. The number of halogens is 8. The summed E-state index contributed by atoms with van der Waals surface area (Å²) in [5.41, 5.74) is 3.24. The molecule has 74 heavy (non-hydrogen) atoms. The zero-order valence-electron chi connectivity index (χ0n) is 41.5. The van der Waals surface area contributed by atoms with Crippen LogP contribution in [0.25, 0.3) is 9.81 Å². The number of methoxy groups -OCH3 is 2. The predicted molar refractivity (Wildman–Crippen MR) is 272 cm³/mol. The van der Waals surface area contributed by atoms with Crippen LogP contribution in [-0.2, 0) is 57.2 Å². The van der Waals surface area contributed by atoms with Gasteiger partial charge in [-0.15, -0.1) is 25.3 Å². The summed E-state index contributed by atoms with van der Waals surface area (Å²) in [5.74, 6) is -16.7. The Hall–Kier alpha value is -4.56. The third-order valence-corrected chi connectivity index (χ3v) is 14.3. The Balaban J connectivity index is 1.77. The van der Waals surface area contributed by atoms with Crippen molar-refractivity contribution in [1.82, 2.24) is 0 Å². The number of likely N-dealkylation sites (N-methyl/N-ethyl adjacent to an activating group) is 2. The normalized spacial score (nSPS) is 13.8. The molecule has 2 aromatic carbocycles. The van der Waals surface area contributed by atoms with Crippen molar-refractivity contribution in [2.24, 2.45) is 23.7 Å². The minimum atomic E-state index is -4.50. The van der Waals surface area contributed by atoms with Crippen LogP contribution in [0.1, 0.15) is 50.7 Å². The van der Waals surface area contributed by atoms with E-state index in [1.54, 1.807) is 0 Å². The highest BCUT2D eigenvalue weighted by atomic mass is 32.2. The van der Waals surface area contributed by atoms with Crippen molar-refractivity contribution in [3.63, 3.8) is 0 Å². The zero-order valence-corrected chi connectivity index (χ0v) is 44.9. The number of benzene rings is 2. The smallest absolute Gasteiger partial charge is 0.340 e. The Morgan fingerprint density at radius 1 is 0.554 bits per heavy atom. The molecule has 26 heteroatoms. The number of carbonyl (C=O) groups is 6. The average Bonchev–Trinajstić information content (AvgIpc) is 3.37. The third kappa shape index (κ3) is 23.1. The van der Waals surface area contributed by atoms with E-state index in [0.29, 0.717) is 22.9 Å². The van der Waals surface area contributed by atoms with Gasteiger partial charge in [0.2, 0.25) is 0 Å². The lowest BCUT2D eigenvalue weighted by Crippen LogP contribution is -2.35. The molecule has 0 N–H and O–H groups in total. The Bertz CT molecular complexity index is 2000. The molecule has 0 aliphatic rings. The highest BCUT2D eigenvalue weighted by molar-refractivity contribution is 7.99. The molecule has 14 nitrogen and oxygen atoms in total. The highest BCUT2D eigenvalue weighted by Gasteiger charge is 2.44. The van der Waals surface area contributed by atoms with E-state index in [0.717, 1.165) is 36.7 Å². The van der Waals surface area contributed by atoms with Gasteiger partial charge >= 0.3 is 60.5 Å². The van der Waals surface area contributed by atoms with Crippen molar-refractivity contribution < 1.29 is 92.3 Å². The molecule has 0 radical (unpaired) electrons. The van der Waals surface area contributed by atoms with Crippen molar-refractivity contribution in [2.45, 2.75) is 64.2 Å². The second-order valence-corrected chi connectivity index (χ2v) is 20.0. The summed E-state index contributed by atoms with van der Waals surface area (Å²) in [6.45, 7) is -0.0623. The number of hydrogen-bond donors (Lipinski definition) is 2. The van der Waals surface area contributed by atoms with E-state index in [9.17, 15) is 63.9 Å². The summed E-state index contributed by atoms with van der Waals surface area (Å²) in [7, 11) is 5.92. The molecule has 0 aliphatic carbocycles. The van der Waals surface area contributed by atoms with Crippen molar-refractivity contribution in [3.8, 4) is 0 Å². The first-order chi connectivity index (χ1) is 34.7. The van der Waals surface area contributed by atoms with Gasteiger partial charge < -0.3 is 38.2 Å². The summed E-state index contributed by atoms with van der Waals surface area (Å²) in [6, 6.07) is 15.0. The largest absolute Gasteiger partial charge is 0.469 e. The lowest BCUT2D eigenvalue weighted by atomic mass is 9.97. The van der Waals surface area contributed by atoms with Gasteiger partial charge in [0.1, 0.15) is 13.2 Å². The van der Waals surface area contributed by atoms with Crippen LogP contribution in [0.5, 0.6) is 0 Å². The van der Waals surface area contributed by atoms with E-state index in [-0.39, 0.29) is 61.9 Å². The van der Waals surface area contributed by atoms with E-state index in [1.807, 2.05) is 72.4 Å².